The molecular formula is C20H24N2O5S2. The van der Waals surface area contributed by atoms with Crippen molar-refractivity contribution >= 4 is 45.0 Å². The Balaban J connectivity index is 2.01. The fourth-order valence-corrected chi connectivity index (χ4v) is 4.90. The molecule has 0 unspecified atom stereocenters. The summed E-state index contributed by atoms with van der Waals surface area (Å²) < 4.78 is 31.8. The number of hydrogen-bond donors (Lipinski definition) is 1. The van der Waals surface area contributed by atoms with Crippen LogP contribution in [0.2, 0.25) is 0 Å². The summed E-state index contributed by atoms with van der Waals surface area (Å²) >= 11 is 1.47. The molecule has 0 fully saturated rings. The van der Waals surface area contributed by atoms with E-state index in [1.807, 2.05) is 17.5 Å². The first-order chi connectivity index (χ1) is 13.8. The highest BCUT2D eigenvalue weighted by Crippen LogP contribution is 2.23. The number of rotatable bonds is 9. The summed E-state index contributed by atoms with van der Waals surface area (Å²) in [7, 11) is -3.66. The molecule has 0 bridgehead atoms. The molecule has 1 amide bonds. The Hall–Kier alpha value is -2.49. The predicted octanol–water partition coefficient (Wildman–Crippen LogP) is 3.28. The van der Waals surface area contributed by atoms with Gasteiger partial charge in [0, 0.05) is 29.7 Å². The van der Waals surface area contributed by atoms with Crippen LogP contribution in [0.3, 0.4) is 0 Å². The lowest BCUT2D eigenvalue weighted by Crippen LogP contribution is -2.31. The van der Waals surface area contributed by atoms with E-state index in [0.717, 1.165) is 4.88 Å². The number of thiophene rings is 1. The van der Waals surface area contributed by atoms with Gasteiger partial charge in [0.1, 0.15) is 0 Å². The number of benzene rings is 1. The zero-order chi connectivity index (χ0) is 21.4. The maximum atomic E-state index is 12.8. The van der Waals surface area contributed by atoms with Gasteiger partial charge < -0.3 is 10.1 Å². The highest BCUT2D eigenvalue weighted by Gasteiger charge is 2.24. The minimum absolute atomic E-state index is 0.134. The van der Waals surface area contributed by atoms with Gasteiger partial charge in [-0.05, 0) is 42.1 Å². The number of amides is 1. The summed E-state index contributed by atoms with van der Waals surface area (Å²) in [4.78, 5) is 24.8. The molecule has 0 aliphatic carbocycles. The second-order valence-electron chi connectivity index (χ2n) is 6.07. The van der Waals surface area contributed by atoms with Gasteiger partial charge in [-0.2, -0.15) is 4.31 Å². The number of ether oxygens (including phenoxy) is 1. The first-order valence-electron chi connectivity index (χ1n) is 9.07. The van der Waals surface area contributed by atoms with Crippen LogP contribution in [0.25, 0.3) is 6.08 Å². The number of nitrogens with zero attached hydrogens (tertiary/aromatic N) is 1. The third kappa shape index (κ3) is 6.25. The largest absolute Gasteiger partial charge is 0.452 e. The average molecular weight is 437 g/mol. The molecule has 0 aliphatic rings. The molecule has 1 aromatic carbocycles. The van der Waals surface area contributed by atoms with Gasteiger partial charge in [0.2, 0.25) is 10.0 Å². The van der Waals surface area contributed by atoms with Crippen LogP contribution < -0.4 is 5.32 Å². The SMILES string of the molecule is CCN(CC)S(=O)(=O)c1cc(NC(=O)COC(=O)/C=C/c2cccs2)ccc1C. The normalized spacial score (nSPS) is 11.7. The highest BCUT2D eigenvalue weighted by molar-refractivity contribution is 7.89. The highest BCUT2D eigenvalue weighted by atomic mass is 32.2. The topological polar surface area (TPSA) is 92.8 Å². The molecule has 0 radical (unpaired) electrons. The number of anilines is 1. The summed E-state index contributed by atoms with van der Waals surface area (Å²) in [6, 6.07) is 8.36. The third-order valence-corrected chi connectivity index (χ3v) is 7.10. The Kier molecular flexibility index (Phi) is 8.12. The van der Waals surface area contributed by atoms with Crippen LogP contribution in [0.15, 0.2) is 46.7 Å². The van der Waals surface area contributed by atoms with Crippen molar-refractivity contribution in [2.75, 3.05) is 25.0 Å². The maximum Gasteiger partial charge on any atom is 0.331 e. The van der Waals surface area contributed by atoms with Crippen molar-refractivity contribution in [1.82, 2.24) is 4.31 Å². The van der Waals surface area contributed by atoms with E-state index in [-0.39, 0.29) is 4.90 Å². The molecule has 0 saturated heterocycles. The maximum absolute atomic E-state index is 12.8. The lowest BCUT2D eigenvalue weighted by Gasteiger charge is -2.20. The molecule has 1 N–H and O–H groups in total. The first kappa shape index (κ1) is 22.8. The van der Waals surface area contributed by atoms with Gasteiger partial charge in [-0.15, -0.1) is 11.3 Å². The minimum Gasteiger partial charge on any atom is -0.452 e. The zero-order valence-corrected chi connectivity index (χ0v) is 18.2. The van der Waals surface area contributed by atoms with Gasteiger partial charge in [0.05, 0.1) is 4.90 Å². The van der Waals surface area contributed by atoms with Crippen LogP contribution in [0.1, 0.15) is 24.3 Å². The third-order valence-electron chi connectivity index (χ3n) is 4.07. The second-order valence-corrected chi connectivity index (χ2v) is 8.96. The molecular weight excluding hydrogens is 412 g/mol. The van der Waals surface area contributed by atoms with Gasteiger partial charge in [0.25, 0.3) is 5.91 Å². The molecule has 0 aliphatic heterocycles. The van der Waals surface area contributed by atoms with Gasteiger partial charge in [0.15, 0.2) is 6.61 Å². The standard InChI is InChI=1S/C20H24N2O5S2/c1-4-22(5-2)29(25,26)18-13-16(9-8-15(18)3)21-19(23)14-27-20(24)11-10-17-7-6-12-28-17/h6-13H,4-5,14H2,1-3H3,(H,21,23)/b11-10+. The van der Waals surface area contributed by atoms with E-state index >= 15 is 0 Å². The van der Waals surface area contributed by atoms with E-state index in [1.54, 1.807) is 39.0 Å². The molecule has 7 nitrogen and oxygen atoms in total. The van der Waals surface area contributed by atoms with Crippen molar-refractivity contribution < 1.29 is 22.7 Å². The predicted molar refractivity (Wildman–Crippen MR) is 114 cm³/mol. The van der Waals surface area contributed by atoms with E-state index in [9.17, 15) is 18.0 Å². The molecule has 0 spiro atoms. The monoisotopic (exact) mass is 436 g/mol. The number of carbonyl (C=O) groups excluding carboxylic acids is 2. The van der Waals surface area contributed by atoms with E-state index in [2.05, 4.69) is 5.32 Å². The smallest absolute Gasteiger partial charge is 0.331 e. The minimum atomic E-state index is -3.66. The fraction of sp³-hybridized carbons (Fsp3) is 0.300. The van der Waals surface area contributed by atoms with Gasteiger partial charge in [-0.3, -0.25) is 4.79 Å². The average Bonchev–Trinajstić information content (AvgIpc) is 3.20. The Morgan fingerprint density at radius 2 is 1.93 bits per heavy atom. The molecule has 0 saturated carbocycles. The summed E-state index contributed by atoms with van der Waals surface area (Å²) in [5.74, 6) is -1.19. The van der Waals surface area contributed by atoms with Crippen LogP contribution in [0, 0.1) is 6.92 Å². The Morgan fingerprint density at radius 3 is 2.55 bits per heavy atom. The van der Waals surface area contributed by atoms with Gasteiger partial charge in [-0.25, -0.2) is 13.2 Å². The summed E-state index contributed by atoms with van der Waals surface area (Å²) in [5.41, 5.74) is 0.900. The van der Waals surface area contributed by atoms with Gasteiger partial charge in [-0.1, -0.05) is 26.0 Å². The summed E-state index contributed by atoms with van der Waals surface area (Å²) in [6.45, 7) is 5.46. The molecule has 156 valence electrons. The van der Waals surface area contributed by atoms with Crippen molar-refractivity contribution in [2.24, 2.45) is 0 Å². The lowest BCUT2D eigenvalue weighted by atomic mass is 10.2. The molecule has 0 atom stereocenters. The Morgan fingerprint density at radius 1 is 1.21 bits per heavy atom. The molecule has 1 aromatic heterocycles. The summed E-state index contributed by atoms with van der Waals surface area (Å²) in [5, 5.41) is 4.44. The van der Waals surface area contributed by atoms with Crippen molar-refractivity contribution in [3.05, 3.63) is 52.2 Å². The van der Waals surface area contributed by atoms with E-state index in [1.165, 1.54) is 27.8 Å². The summed E-state index contributed by atoms with van der Waals surface area (Å²) in [6.07, 6.45) is 2.86. The van der Waals surface area contributed by atoms with E-state index in [0.29, 0.717) is 24.3 Å². The van der Waals surface area contributed by atoms with Gasteiger partial charge >= 0.3 is 5.97 Å². The fourth-order valence-electron chi connectivity index (χ4n) is 2.58. The number of carbonyl (C=O) groups is 2. The second kappa shape index (κ2) is 10.3. The van der Waals surface area contributed by atoms with Crippen LogP contribution in [0.4, 0.5) is 5.69 Å². The Labute approximate surface area is 175 Å². The van der Waals surface area contributed by atoms with Crippen LogP contribution in [0.5, 0.6) is 0 Å². The molecule has 2 aromatic rings. The van der Waals surface area contributed by atoms with Crippen LogP contribution >= 0.6 is 11.3 Å². The molecule has 29 heavy (non-hydrogen) atoms. The first-order valence-corrected chi connectivity index (χ1v) is 11.4. The number of aryl methyl sites for hydroxylation is 1. The van der Waals surface area contributed by atoms with E-state index in [4.69, 9.17) is 4.74 Å². The molecule has 9 heteroatoms. The number of sulfonamides is 1. The van der Waals surface area contributed by atoms with Crippen molar-refractivity contribution in [2.45, 2.75) is 25.7 Å². The van der Waals surface area contributed by atoms with Crippen molar-refractivity contribution in [3.63, 3.8) is 0 Å². The zero-order valence-electron chi connectivity index (χ0n) is 16.5. The van der Waals surface area contributed by atoms with E-state index < -0.39 is 28.5 Å². The number of esters is 1. The lowest BCUT2D eigenvalue weighted by molar-refractivity contribution is -0.142. The quantitative estimate of drug-likeness (QED) is 0.481. The molecule has 1 heterocycles. The number of nitrogens with one attached hydrogen (secondary N) is 1. The van der Waals surface area contributed by atoms with Crippen LogP contribution in [-0.2, 0) is 24.3 Å². The Bertz CT molecular complexity index is 978. The van der Waals surface area contributed by atoms with Crippen molar-refractivity contribution in [3.8, 4) is 0 Å². The van der Waals surface area contributed by atoms with Crippen LogP contribution in [-0.4, -0.2) is 44.3 Å². The molecule has 2 rings (SSSR count). The van der Waals surface area contributed by atoms with Crippen molar-refractivity contribution in [1.29, 1.82) is 0 Å². The number of hydrogen-bond acceptors (Lipinski definition) is 6.